The normalized spacial score (nSPS) is 10.8. The second-order valence-electron chi connectivity index (χ2n) is 5.20. The first-order chi connectivity index (χ1) is 12.4. The van der Waals surface area contributed by atoms with Crippen molar-refractivity contribution >= 4 is 81.5 Å². The standard InChI is InChI=1S/C18H14Cl4O2S2/c19-11-1-3-13(15(21)7-11)17(23)9-25-5-6-26-10-18(24)14-4-2-12(20)8-16(14)22/h1-4,7-8H,5-6,9-10H2. The van der Waals surface area contributed by atoms with E-state index >= 15 is 0 Å². The molecule has 8 heteroatoms. The van der Waals surface area contributed by atoms with Crippen LogP contribution in [0.1, 0.15) is 20.7 Å². The number of halogens is 4. The highest BCUT2D eigenvalue weighted by Crippen LogP contribution is 2.24. The lowest BCUT2D eigenvalue weighted by Gasteiger charge is -2.05. The molecule has 0 saturated heterocycles. The Labute approximate surface area is 180 Å². The number of benzene rings is 2. The third kappa shape index (κ3) is 6.66. The molecule has 0 fully saturated rings. The molecule has 0 aliphatic carbocycles. The summed E-state index contributed by atoms with van der Waals surface area (Å²) < 4.78 is 0. The van der Waals surface area contributed by atoms with E-state index in [1.807, 2.05) is 0 Å². The minimum Gasteiger partial charge on any atom is -0.293 e. The highest BCUT2D eigenvalue weighted by Gasteiger charge is 2.12. The summed E-state index contributed by atoms with van der Waals surface area (Å²) in [4.78, 5) is 24.3. The minimum atomic E-state index is -0.0364. The van der Waals surface area contributed by atoms with E-state index in [9.17, 15) is 9.59 Å². The lowest BCUT2D eigenvalue weighted by Crippen LogP contribution is -2.06. The molecule has 0 unspecified atom stereocenters. The first kappa shape index (κ1) is 21.9. The molecule has 0 amide bonds. The second-order valence-corrected chi connectivity index (χ2v) is 9.10. The minimum absolute atomic E-state index is 0.0364. The Bertz CT molecular complexity index is 744. The van der Waals surface area contributed by atoms with Crippen molar-refractivity contribution in [3.05, 3.63) is 67.6 Å². The van der Waals surface area contributed by atoms with Gasteiger partial charge in [-0.15, -0.1) is 0 Å². The molecule has 0 radical (unpaired) electrons. The molecule has 0 heterocycles. The summed E-state index contributed by atoms with van der Waals surface area (Å²) in [6.45, 7) is 0. The lowest BCUT2D eigenvalue weighted by atomic mass is 10.1. The number of carbonyl (C=O) groups is 2. The van der Waals surface area contributed by atoms with Gasteiger partial charge in [-0.05, 0) is 36.4 Å². The van der Waals surface area contributed by atoms with E-state index in [1.54, 1.807) is 36.4 Å². The van der Waals surface area contributed by atoms with E-state index in [0.717, 1.165) is 11.5 Å². The quantitative estimate of drug-likeness (QED) is 0.299. The molecule has 2 nitrogen and oxygen atoms in total. The number of hydrogen-bond donors (Lipinski definition) is 0. The van der Waals surface area contributed by atoms with Crippen LogP contribution in [0.15, 0.2) is 36.4 Å². The molecule has 0 aliphatic rings. The molecule has 0 aliphatic heterocycles. The average Bonchev–Trinajstić information content (AvgIpc) is 2.57. The number of carbonyl (C=O) groups excluding carboxylic acids is 2. The van der Waals surface area contributed by atoms with Gasteiger partial charge in [0.05, 0.1) is 21.6 Å². The number of thioether (sulfide) groups is 2. The molecule has 0 saturated carbocycles. The van der Waals surface area contributed by atoms with Crippen molar-refractivity contribution in [3.8, 4) is 0 Å². The highest BCUT2D eigenvalue weighted by atomic mass is 35.5. The monoisotopic (exact) mass is 466 g/mol. The van der Waals surface area contributed by atoms with Crippen LogP contribution < -0.4 is 0 Å². The van der Waals surface area contributed by atoms with E-state index in [1.165, 1.54) is 23.5 Å². The van der Waals surface area contributed by atoms with E-state index < -0.39 is 0 Å². The summed E-state index contributed by atoms with van der Waals surface area (Å²) in [5.74, 6) is 2.10. The van der Waals surface area contributed by atoms with E-state index in [4.69, 9.17) is 46.4 Å². The number of rotatable bonds is 9. The molecule has 0 N–H and O–H groups in total. The summed E-state index contributed by atoms with van der Waals surface area (Å²) in [5.41, 5.74) is 0.951. The molecule has 26 heavy (non-hydrogen) atoms. The van der Waals surface area contributed by atoms with E-state index in [2.05, 4.69) is 0 Å². The molecule has 0 bridgehead atoms. The van der Waals surface area contributed by atoms with Crippen molar-refractivity contribution in [1.29, 1.82) is 0 Å². The molecule has 138 valence electrons. The summed E-state index contributed by atoms with van der Waals surface area (Å²) in [7, 11) is 0. The van der Waals surface area contributed by atoms with Crippen LogP contribution in [0.4, 0.5) is 0 Å². The third-order valence-electron chi connectivity index (χ3n) is 3.30. The van der Waals surface area contributed by atoms with Crippen LogP contribution in [0.3, 0.4) is 0 Å². The zero-order valence-corrected chi connectivity index (χ0v) is 18.1. The van der Waals surface area contributed by atoms with Gasteiger partial charge in [0.25, 0.3) is 0 Å². The molecule has 0 atom stereocenters. The van der Waals surface area contributed by atoms with Gasteiger partial charge in [-0.25, -0.2) is 0 Å². The first-order valence-corrected chi connectivity index (χ1v) is 11.3. The largest absolute Gasteiger partial charge is 0.293 e. The first-order valence-electron chi connectivity index (χ1n) is 7.50. The highest BCUT2D eigenvalue weighted by molar-refractivity contribution is 8.03. The number of ketones is 2. The molecule has 0 spiro atoms. The fourth-order valence-corrected chi connectivity index (χ4v) is 4.98. The summed E-state index contributed by atoms with van der Waals surface area (Å²) in [6, 6.07) is 9.69. The van der Waals surface area contributed by atoms with Crippen molar-refractivity contribution < 1.29 is 9.59 Å². The molecule has 2 rings (SSSR count). The summed E-state index contributed by atoms with van der Waals surface area (Å²) >= 11 is 26.7. The molecule has 2 aromatic carbocycles. The van der Waals surface area contributed by atoms with Gasteiger partial charge in [0, 0.05) is 32.7 Å². The average molecular weight is 468 g/mol. The maximum absolute atomic E-state index is 12.1. The van der Waals surface area contributed by atoms with Gasteiger partial charge in [0.1, 0.15) is 0 Å². The SMILES string of the molecule is O=C(CSCCSCC(=O)c1ccc(Cl)cc1Cl)c1ccc(Cl)cc1Cl. The van der Waals surface area contributed by atoms with Crippen molar-refractivity contribution in [2.45, 2.75) is 0 Å². The Hall–Kier alpha value is -0.360. The lowest BCUT2D eigenvalue weighted by molar-refractivity contribution is 0.101. The van der Waals surface area contributed by atoms with Crippen LogP contribution in [0.25, 0.3) is 0 Å². The van der Waals surface area contributed by atoms with Crippen LogP contribution in [-0.2, 0) is 0 Å². The van der Waals surface area contributed by atoms with Gasteiger partial charge >= 0.3 is 0 Å². The van der Waals surface area contributed by atoms with Crippen LogP contribution in [0.5, 0.6) is 0 Å². The second kappa shape index (κ2) is 10.8. The fourth-order valence-electron chi connectivity index (χ4n) is 2.03. The van der Waals surface area contributed by atoms with Gasteiger partial charge in [-0.1, -0.05) is 46.4 Å². The molecular weight excluding hydrogens is 454 g/mol. The molecular formula is C18H14Cl4O2S2. The van der Waals surface area contributed by atoms with Crippen LogP contribution in [0, 0.1) is 0 Å². The van der Waals surface area contributed by atoms with Gasteiger partial charge in [0.15, 0.2) is 11.6 Å². The Kier molecular flexibility index (Phi) is 9.15. The van der Waals surface area contributed by atoms with Crippen molar-refractivity contribution in [1.82, 2.24) is 0 Å². The van der Waals surface area contributed by atoms with E-state index in [-0.39, 0.29) is 11.6 Å². The maximum atomic E-state index is 12.1. The zero-order chi connectivity index (χ0) is 19.1. The van der Waals surface area contributed by atoms with E-state index in [0.29, 0.717) is 42.7 Å². The molecule has 0 aromatic heterocycles. The van der Waals surface area contributed by atoms with Crippen LogP contribution >= 0.6 is 69.9 Å². The van der Waals surface area contributed by atoms with Crippen LogP contribution in [0.2, 0.25) is 20.1 Å². The number of Topliss-reactive ketones (excluding diaryl/α,β-unsaturated/α-hetero) is 2. The van der Waals surface area contributed by atoms with Gasteiger partial charge in [0.2, 0.25) is 0 Å². The maximum Gasteiger partial charge on any atom is 0.174 e. The zero-order valence-electron chi connectivity index (χ0n) is 13.4. The topological polar surface area (TPSA) is 34.1 Å². The van der Waals surface area contributed by atoms with Crippen molar-refractivity contribution in [3.63, 3.8) is 0 Å². The third-order valence-corrected chi connectivity index (χ3v) is 6.57. The van der Waals surface area contributed by atoms with Crippen molar-refractivity contribution in [2.24, 2.45) is 0 Å². The van der Waals surface area contributed by atoms with Gasteiger partial charge in [-0.3, -0.25) is 9.59 Å². The predicted octanol–water partition coefficient (Wildman–Crippen LogP) is 6.83. The Morgan fingerprint density at radius 1 is 0.692 bits per heavy atom. The smallest absolute Gasteiger partial charge is 0.174 e. The Morgan fingerprint density at radius 3 is 1.42 bits per heavy atom. The Balaban J connectivity index is 1.69. The van der Waals surface area contributed by atoms with Gasteiger partial charge in [-0.2, -0.15) is 23.5 Å². The van der Waals surface area contributed by atoms with Gasteiger partial charge < -0.3 is 0 Å². The fraction of sp³-hybridized carbons (Fsp3) is 0.222. The number of hydrogen-bond acceptors (Lipinski definition) is 4. The van der Waals surface area contributed by atoms with Crippen LogP contribution in [-0.4, -0.2) is 34.6 Å². The Morgan fingerprint density at radius 2 is 1.08 bits per heavy atom. The van der Waals surface area contributed by atoms with Crippen molar-refractivity contribution in [2.75, 3.05) is 23.0 Å². The predicted molar refractivity (Wildman–Crippen MR) is 116 cm³/mol. The summed E-state index contributed by atoms with van der Waals surface area (Å²) in [6.07, 6.45) is 0. The summed E-state index contributed by atoms with van der Waals surface area (Å²) in [5, 5.41) is 1.73. The molecule has 2 aromatic rings.